The molecule has 0 fully saturated rings. The summed E-state index contributed by atoms with van der Waals surface area (Å²) in [7, 11) is -3.60. The van der Waals surface area contributed by atoms with Crippen molar-refractivity contribution in [3.63, 3.8) is 0 Å². The predicted octanol–water partition coefficient (Wildman–Crippen LogP) is 1.11. The zero-order chi connectivity index (χ0) is 13.3. The number of aryl methyl sites for hydroxylation is 1. The van der Waals surface area contributed by atoms with E-state index >= 15 is 0 Å². The summed E-state index contributed by atoms with van der Waals surface area (Å²) in [6.07, 6.45) is 1.54. The molecule has 0 radical (unpaired) electrons. The van der Waals surface area contributed by atoms with E-state index in [9.17, 15) is 12.8 Å². The molecule has 1 heterocycles. The van der Waals surface area contributed by atoms with Crippen LogP contribution in [0.3, 0.4) is 0 Å². The lowest BCUT2D eigenvalue weighted by atomic mass is 10.3. The summed E-state index contributed by atoms with van der Waals surface area (Å²) < 4.78 is 36.6. The Labute approximate surface area is 104 Å². The molecule has 0 bridgehead atoms. The van der Waals surface area contributed by atoms with E-state index < -0.39 is 10.0 Å². The maximum absolute atomic E-state index is 13.1. The molecule has 96 valence electrons. The van der Waals surface area contributed by atoms with Gasteiger partial charge in [-0.15, -0.1) is 0 Å². The number of halogens is 1. The second-order valence-electron chi connectivity index (χ2n) is 3.97. The monoisotopic (exact) mass is 269 g/mol. The Hall–Kier alpha value is -1.73. The van der Waals surface area contributed by atoms with Gasteiger partial charge in [-0.3, -0.25) is 0 Å². The van der Waals surface area contributed by atoms with Gasteiger partial charge >= 0.3 is 0 Å². The summed E-state index contributed by atoms with van der Waals surface area (Å²) in [5.41, 5.74) is 1.58. The summed E-state index contributed by atoms with van der Waals surface area (Å²) in [6, 6.07) is 5.87. The molecule has 0 aliphatic heterocycles. The van der Waals surface area contributed by atoms with E-state index in [1.54, 1.807) is 19.1 Å². The van der Waals surface area contributed by atoms with Gasteiger partial charge in [0.15, 0.2) is 0 Å². The second kappa shape index (κ2) is 4.51. The quantitative estimate of drug-likeness (QED) is 0.906. The van der Waals surface area contributed by atoms with Gasteiger partial charge in [0.05, 0.1) is 17.1 Å². The fourth-order valence-corrected chi connectivity index (χ4v) is 2.32. The van der Waals surface area contributed by atoms with E-state index in [1.165, 1.54) is 23.0 Å². The summed E-state index contributed by atoms with van der Waals surface area (Å²) in [5, 5.41) is 9.12. The van der Waals surface area contributed by atoms with Crippen LogP contribution in [0.5, 0.6) is 0 Å². The highest BCUT2D eigenvalue weighted by Gasteiger charge is 2.12. The molecule has 0 aliphatic carbocycles. The zero-order valence-electron chi connectivity index (χ0n) is 9.67. The lowest BCUT2D eigenvalue weighted by Gasteiger charge is -2.00. The number of rotatable bonds is 3. The van der Waals surface area contributed by atoms with Crippen molar-refractivity contribution >= 4 is 10.0 Å². The maximum atomic E-state index is 13.1. The van der Waals surface area contributed by atoms with E-state index in [4.69, 9.17) is 5.14 Å². The Morgan fingerprint density at radius 3 is 2.78 bits per heavy atom. The Morgan fingerprint density at radius 1 is 1.44 bits per heavy atom. The van der Waals surface area contributed by atoms with Crippen LogP contribution in [-0.2, 0) is 15.8 Å². The highest BCUT2D eigenvalue weighted by atomic mass is 32.2. The molecule has 2 N–H and O–H groups in total. The Balaban J connectivity index is 2.40. The standard InChI is InChI=1S/C11H12FN3O2S/c1-8-9(7-18(13,16)17)6-15(14-8)11-4-2-3-10(12)5-11/h2-6H,7H2,1H3,(H2,13,16,17). The second-order valence-corrected chi connectivity index (χ2v) is 5.59. The van der Waals surface area contributed by atoms with Gasteiger partial charge in [-0.2, -0.15) is 5.10 Å². The molecule has 1 aromatic carbocycles. The third-order valence-electron chi connectivity index (χ3n) is 2.43. The predicted molar refractivity (Wildman–Crippen MR) is 65.1 cm³/mol. The van der Waals surface area contributed by atoms with Crippen LogP contribution in [-0.4, -0.2) is 18.2 Å². The summed E-state index contributed by atoms with van der Waals surface area (Å²) in [6.45, 7) is 1.68. The van der Waals surface area contributed by atoms with Gasteiger partial charge in [-0.25, -0.2) is 22.6 Å². The van der Waals surface area contributed by atoms with Crippen molar-refractivity contribution in [2.24, 2.45) is 5.14 Å². The largest absolute Gasteiger partial charge is 0.240 e. The molecule has 0 spiro atoms. The molecule has 18 heavy (non-hydrogen) atoms. The van der Waals surface area contributed by atoms with E-state index in [0.717, 1.165) is 0 Å². The first-order chi connectivity index (χ1) is 8.35. The van der Waals surface area contributed by atoms with E-state index in [0.29, 0.717) is 16.9 Å². The molecule has 0 saturated carbocycles. The summed E-state index contributed by atoms with van der Waals surface area (Å²) >= 11 is 0. The lowest BCUT2D eigenvalue weighted by Crippen LogP contribution is -2.14. The number of aromatic nitrogens is 2. The van der Waals surface area contributed by atoms with Gasteiger partial charge in [-0.1, -0.05) is 6.07 Å². The van der Waals surface area contributed by atoms with E-state index in [-0.39, 0.29) is 11.6 Å². The van der Waals surface area contributed by atoms with Crippen molar-refractivity contribution in [3.8, 4) is 5.69 Å². The fraction of sp³-hybridized carbons (Fsp3) is 0.182. The van der Waals surface area contributed by atoms with Gasteiger partial charge in [-0.05, 0) is 25.1 Å². The van der Waals surface area contributed by atoms with Gasteiger partial charge in [0, 0.05) is 11.8 Å². The number of sulfonamides is 1. The fourth-order valence-electron chi connectivity index (χ4n) is 1.61. The van der Waals surface area contributed by atoms with Crippen LogP contribution in [0.25, 0.3) is 5.69 Å². The first-order valence-corrected chi connectivity index (χ1v) is 6.88. The molecule has 0 atom stereocenters. The third kappa shape index (κ3) is 2.93. The Kier molecular flexibility index (Phi) is 3.18. The minimum atomic E-state index is -3.60. The smallest absolute Gasteiger partial charge is 0.213 e. The zero-order valence-corrected chi connectivity index (χ0v) is 10.5. The van der Waals surface area contributed by atoms with Crippen LogP contribution in [0.15, 0.2) is 30.5 Å². The van der Waals surface area contributed by atoms with Crippen molar-refractivity contribution in [2.75, 3.05) is 0 Å². The third-order valence-corrected chi connectivity index (χ3v) is 3.14. The molecule has 0 saturated heterocycles. The minimum Gasteiger partial charge on any atom is -0.240 e. The molecule has 7 heteroatoms. The number of nitrogens with two attached hydrogens (primary N) is 1. The Bertz CT molecular complexity index is 679. The Morgan fingerprint density at radius 2 is 2.17 bits per heavy atom. The highest BCUT2D eigenvalue weighted by molar-refractivity contribution is 7.88. The summed E-state index contributed by atoms with van der Waals surface area (Å²) in [4.78, 5) is 0. The highest BCUT2D eigenvalue weighted by Crippen LogP contribution is 2.14. The molecular formula is C11H12FN3O2S. The van der Waals surface area contributed by atoms with Crippen LogP contribution >= 0.6 is 0 Å². The minimum absolute atomic E-state index is 0.284. The van der Waals surface area contributed by atoms with Crippen molar-refractivity contribution in [1.82, 2.24) is 9.78 Å². The van der Waals surface area contributed by atoms with Crippen LogP contribution in [0.1, 0.15) is 11.3 Å². The SMILES string of the molecule is Cc1nn(-c2cccc(F)c2)cc1CS(N)(=O)=O. The average molecular weight is 269 g/mol. The normalized spacial score (nSPS) is 11.7. The van der Waals surface area contributed by atoms with Crippen molar-refractivity contribution in [1.29, 1.82) is 0 Å². The van der Waals surface area contributed by atoms with E-state index in [2.05, 4.69) is 5.10 Å². The number of nitrogens with zero attached hydrogens (tertiary/aromatic N) is 2. The molecule has 0 amide bonds. The van der Waals surface area contributed by atoms with Crippen molar-refractivity contribution in [3.05, 3.63) is 47.5 Å². The first-order valence-electron chi connectivity index (χ1n) is 5.17. The molecule has 2 rings (SSSR count). The molecule has 0 aliphatic rings. The van der Waals surface area contributed by atoms with Gasteiger partial charge < -0.3 is 0 Å². The average Bonchev–Trinajstić information content (AvgIpc) is 2.58. The van der Waals surface area contributed by atoms with Crippen LogP contribution < -0.4 is 5.14 Å². The molecule has 2 aromatic rings. The lowest BCUT2D eigenvalue weighted by molar-refractivity contribution is 0.597. The van der Waals surface area contributed by atoms with Crippen molar-refractivity contribution in [2.45, 2.75) is 12.7 Å². The van der Waals surface area contributed by atoms with Crippen LogP contribution in [0, 0.1) is 12.7 Å². The summed E-state index contributed by atoms with van der Waals surface area (Å²) in [5.74, 6) is -0.664. The molecule has 0 unspecified atom stereocenters. The molecule has 5 nitrogen and oxygen atoms in total. The van der Waals surface area contributed by atoms with Gasteiger partial charge in [0.25, 0.3) is 0 Å². The molecular weight excluding hydrogens is 257 g/mol. The van der Waals surface area contributed by atoms with Gasteiger partial charge in [0.1, 0.15) is 5.82 Å². The van der Waals surface area contributed by atoms with Crippen molar-refractivity contribution < 1.29 is 12.8 Å². The number of hydrogen-bond donors (Lipinski definition) is 1. The first kappa shape index (κ1) is 12.7. The van der Waals surface area contributed by atoms with Crippen LogP contribution in [0.4, 0.5) is 4.39 Å². The van der Waals surface area contributed by atoms with Gasteiger partial charge in [0.2, 0.25) is 10.0 Å². The number of primary sulfonamides is 1. The molecule has 1 aromatic heterocycles. The topological polar surface area (TPSA) is 78.0 Å². The number of hydrogen-bond acceptors (Lipinski definition) is 3. The van der Waals surface area contributed by atoms with E-state index in [1.807, 2.05) is 0 Å². The number of benzene rings is 1. The van der Waals surface area contributed by atoms with Crippen LogP contribution in [0.2, 0.25) is 0 Å². The maximum Gasteiger partial charge on any atom is 0.213 e.